The van der Waals surface area contributed by atoms with Gasteiger partial charge in [0.15, 0.2) is 0 Å². The molecule has 0 aliphatic heterocycles. The van der Waals surface area contributed by atoms with E-state index in [4.69, 9.17) is 4.74 Å². The molecule has 0 saturated heterocycles. The molecular weight excluding hydrogens is 731 g/mol. The molecule has 0 aromatic carbocycles. The normalized spacial score (nSPS) is 12.9. The van der Waals surface area contributed by atoms with Crippen LogP contribution in [0.25, 0.3) is 0 Å². The average Bonchev–Trinajstić information content (AvgIpc) is 3.24. The Morgan fingerprint density at radius 1 is 0.458 bits per heavy atom. The summed E-state index contributed by atoms with van der Waals surface area (Å²) in [4.78, 5) is 24.4. The maximum atomic E-state index is 12.4. The Labute approximate surface area is 366 Å². The zero-order valence-electron chi connectivity index (χ0n) is 39.2. The topological polar surface area (TPSA) is 95.9 Å². The van der Waals surface area contributed by atoms with Gasteiger partial charge < -0.3 is 20.3 Å². The van der Waals surface area contributed by atoms with Crippen molar-refractivity contribution in [3.05, 3.63) is 36.5 Å². The number of rotatable bonds is 47. The first-order chi connectivity index (χ1) is 29.0. The van der Waals surface area contributed by atoms with Gasteiger partial charge in [0, 0.05) is 12.8 Å². The third-order valence-corrected chi connectivity index (χ3v) is 11.6. The number of aliphatic hydroxyl groups is 2. The third-order valence-electron chi connectivity index (χ3n) is 11.6. The Morgan fingerprint density at radius 3 is 1.20 bits per heavy atom. The van der Waals surface area contributed by atoms with Crippen molar-refractivity contribution in [2.24, 2.45) is 0 Å². The van der Waals surface area contributed by atoms with E-state index >= 15 is 0 Å². The van der Waals surface area contributed by atoms with Gasteiger partial charge in [-0.2, -0.15) is 0 Å². The van der Waals surface area contributed by atoms with E-state index in [1.807, 2.05) is 6.08 Å². The molecule has 0 bridgehead atoms. The summed E-state index contributed by atoms with van der Waals surface area (Å²) in [5.74, 6) is -0.0971. The number of esters is 1. The standard InChI is InChI=1S/C53H99NO5/c1-3-5-7-9-11-13-14-15-16-17-21-24-27-31-35-39-43-47-53(58)59-48-44-40-36-32-28-25-22-19-18-20-23-26-30-34-38-42-46-52(57)54-50(49-55)51(56)45-41-37-33-29-12-10-8-6-4-2/h15-16,18,20,41,45,50-51,55-56H,3-14,17,19,21-40,42-44,46-49H2,1-2H3,(H,54,57)/b16-15-,20-18-,45-41+. The van der Waals surface area contributed by atoms with Crippen LogP contribution in [0.2, 0.25) is 0 Å². The van der Waals surface area contributed by atoms with Crippen molar-refractivity contribution in [1.82, 2.24) is 5.32 Å². The van der Waals surface area contributed by atoms with E-state index in [-0.39, 0.29) is 18.5 Å². The van der Waals surface area contributed by atoms with E-state index in [0.29, 0.717) is 19.4 Å². The van der Waals surface area contributed by atoms with E-state index < -0.39 is 12.1 Å². The molecule has 0 heterocycles. The molecule has 0 aliphatic rings. The highest BCUT2D eigenvalue weighted by Gasteiger charge is 2.18. The van der Waals surface area contributed by atoms with Crippen LogP contribution in [0.15, 0.2) is 36.5 Å². The van der Waals surface area contributed by atoms with Crippen LogP contribution in [0.5, 0.6) is 0 Å². The van der Waals surface area contributed by atoms with Crippen LogP contribution in [0, 0.1) is 0 Å². The van der Waals surface area contributed by atoms with Crippen LogP contribution < -0.4 is 5.32 Å². The number of aliphatic hydroxyl groups excluding tert-OH is 2. The molecule has 346 valence electrons. The van der Waals surface area contributed by atoms with Gasteiger partial charge in [0.2, 0.25) is 5.91 Å². The second-order valence-corrected chi connectivity index (χ2v) is 17.5. The Morgan fingerprint density at radius 2 is 0.797 bits per heavy atom. The van der Waals surface area contributed by atoms with E-state index in [1.54, 1.807) is 6.08 Å². The van der Waals surface area contributed by atoms with Crippen LogP contribution in [-0.4, -0.2) is 47.4 Å². The number of ether oxygens (including phenoxy) is 1. The predicted octanol–water partition coefficient (Wildman–Crippen LogP) is 15.3. The summed E-state index contributed by atoms with van der Waals surface area (Å²) in [6.07, 6.45) is 58.7. The van der Waals surface area contributed by atoms with Gasteiger partial charge >= 0.3 is 5.97 Å². The summed E-state index contributed by atoms with van der Waals surface area (Å²) < 4.78 is 5.47. The number of hydrogen-bond donors (Lipinski definition) is 3. The number of carbonyl (C=O) groups is 2. The minimum absolute atomic E-state index is 0.00818. The Bertz CT molecular complexity index is 962. The predicted molar refractivity (Wildman–Crippen MR) is 255 cm³/mol. The minimum atomic E-state index is -0.853. The minimum Gasteiger partial charge on any atom is -0.466 e. The highest BCUT2D eigenvalue weighted by atomic mass is 16.5. The number of allylic oxidation sites excluding steroid dienone is 5. The molecule has 0 spiro atoms. The van der Waals surface area contributed by atoms with Crippen molar-refractivity contribution in [3.63, 3.8) is 0 Å². The number of hydrogen-bond acceptors (Lipinski definition) is 5. The summed E-state index contributed by atoms with van der Waals surface area (Å²) in [7, 11) is 0. The first kappa shape index (κ1) is 57.1. The van der Waals surface area contributed by atoms with Gasteiger partial charge in [-0.25, -0.2) is 0 Å². The smallest absolute Gasteiger partial charge is 0.305 e. The molecule has 6 nitrogen and oxygen atoms in total. The summed E-state index contributed by atoms with van der Waals surface area (Å²) in [5.41, 5.74) is 0. The van der Waals surface area contributed by atoms with Crippen molar-refractivity contribution in [2.75, 3.05) is 13.2 Å². The van der Waals surface area contributed by atoms with Gasteiger partial charge in [0.05, 0.1) is 25.4 Å². The van der Waals surface area contributed by atoms with Crippen LogP contribution in [0.4, 0.5) is 0 Å². The van der Waals surface area contributed by atoms with Crippen molar-refractivity contribution >= 4 is 11.9 Å². The summed E-state index contributed by atoms with van der Waals surface area (Å²) >= 11 is 0. The van der Waals surface area contributed by atoms with Crippen molar-refractivity contribution in [3.8, 4) is 0 Å². The molecule has 0 fully saturated rings. The van der Waals surface area contributed by atoms with Crippen molar-refractivity contribution in [2.45, 2.75) is 276 Å². The molecule has 0 aromatic heterocycles. The van der Waals surface area contributed by atoms with Gasteiger partial charge in [-0.1, -0.05) is 204 Å². The maximum absolute atomic E-state index is 12.4. The SMILES string of the molecule is CCCCCCCC/C=C\CCCCCCCCCC(=O)OCCCCCCCCC/C=C\CCCCCCCC(=O)NC(CO)C(O)/C=C/CCCCCCCCC. The molecule has 0 saturated carbocycles. The van der Waals surface area contributed by atoms with E-state index in [1.165, 1.54) is 173 Å². The molecule has 3 N–H and O–H groups in total. The monoisotopic (exact) mass is 830 g/mol. The molecule has 2 unspecified atom stereocenters. The van der Waals surface area contributed by atoms with Crippen LogP contribution in [0.1, 0.15) is 264 Å². The first-order valence-electron chi connectivity index (χ1n) is 25.8. The number of unbranched alkanes of at least 4 members (excludes halogenated alkanes) is 32. The molecule has 2 atom stereocenters. The fourth-order valence-electron chi connectivity index (χ4n) is 7.62. The Kier molecular flexibility index (Phi) is 47.2. The Hall–Kier alpha value is -1.92. The summed E-state index contributed by atoms with van der Waals surface area (Å²) in [6, 6.07) is -0.638. The average molecular weight is 830 g/mol. The molecule has 0 aliphatic carbocycles. The van der Waals surface area contributed by atoms with Gasteiger partial charge in [-0.3, -0.25) is 9.59 Å². The molecule has 0 aromatic rings. The van der Waals surface area contributed by atoms with Crippen molar-refractivity contribution < 1.29 is 24.5 Å². The highest BCUT2D eigenvalue weighted by molar-refractivity contribution is 5.76. The lowest BCUT2D eigenvalue weighted by Gasteiger charge is -2.20. The van der Waals surface area contributed by atoms with Gasteiger partial charge in [0.1, 0.15) is 0 Å². The molecule has 1 amide bonds. The lowest BCUT2D eigenvalue weighted by Crippen LogP contribution is -2.45. The van der Waals surface area contributed by atoms with Crippen LogP contribution in [-0.2, 0) is 14.3 Å². The number of nitrogens with one attached hydrogen (secondary N) is 1. The van der Waals surface area contributed by atoms with Crippen LogP contribution in [0.3, 0.4) is 0 Å². The van der Waals surface area contributed by atoms with E-state index in [2.05, 4.69) is 43.5 Å². The van der Waals surface area contributed by atoms with Gasteiger partial charge in [-0.15, -0.1) is 0 Å². The summed E-state index contributed by atoms with van der Waals surface area (Å²) in [5, 5.41) is 22.9. The fourth-order valence-corrected chi connectivity index (χ4v) is 7.62. The molecule has 59 heavy (non-hydrogen) atoms. The fraction of sp³-hybridized carbons (Fsp3) is 0.849. The zero-order valence-corrected chi connectivity index (χ0v) is 39.2. The molecule has 0 rings (SSSR count). The molecule has 0 radical (unpaired) electrons. The van der Waals surface area contributed by atoms with Crippen LogP contribution >= 0.6 is 0 Å². The lowest BCUT2D eigenvalue weighted by atomic mass is 10.1. The zero-order chi connectivity index (χ0) is 43.0. The largest absolute Gasteiger partial charge is 0.466 e. The van der Waals surface area contributed by atoms with E-state index in [9.17, 15) is 19.8 Å². The Balaban J connectivity index is 3.46. The lowest BCUT2D eigenvalue weighted by molar-refractivity contribution is -0.143. The van der Waals surface area contributed by atoms with Crippen molar-refractivity contribution in [1.29, 1.82) is 0 Å². The first-order valence-corrected chi connectivity index (χ1v) is 25.8. The van der Waals surface area contributed by atoms with Gasteiger partial charge in [0.25, 0.3) is 0 Å². The second kappa shape index (κ2) is 48.7. The third kappa shape index (κ3) is 45.4. The highest BCUT2D eigenvalue weighted by Crippen LogP contribution is 2.14. The van der Waals surface area contributed by atoms with Gasteiger partial charge in [-0.05, 0) is 83.5 Å². The van der Waals surface area contributed by atoms with E-state index in [0.717, 1.165) is 64.2 Å². The second-order valence-electron chi connectivity index (χ2n) is 17.5. The maximum Gasteiger partial charge on any atom is 0.305 e. The number of carbonyl (C=O) groups excluding carboxylic acids is 2. The quantitative estimate of drug-likeness (QED) is 0.0323. The number of amides is 1. The molecule has 6 heteroatoms. The summed E-state index contributed by atoms with van der Waals surface area (Å²) in [6.45, 7) is 4.84. The molecular formula is C53H99NO5.